The van der Waals surface area contributed by atoms with E-state index in [-0.39, 0.29) is 0 Å². The van der Waals surface area contributed by atoms with Crippen molar-refractivity contribution in [2.24, 2.45) is 5.41 Å². The van der Waals surface area contributed by atoms with Gasteiger partial charge in [0.1, 0.15) is 5.69 Å². The van der Waals surface area contributed by atoms with Gasteiger partial charge in [0.05, 0.1) is 5.41 Å². The normalized spacial score (nSPS) is 18.1. The molecule has 1 aliphatic heterocycles. The summed E-state index contributed by atoms with van der Waals surface area (Å²) in [5.74, 6) is 3.08. The number of rotatable bonds is 2. The fraction of sp³-hybridized carbons (Fsp3) is 0.650. The molecule has 0 aromatic carbocycles. The minimum Gasteiger partial charge on any atom is -0.369 e. The third-order valence-corrected chi connectivity index (χ3v) is 4.80. The average Bonchev–Trinajstić information content (AvgIpc) is 3.35. The first-order valence-corrected chi connectivity index (χ1v) is 9.00. The van der Waals surface area contributed by atoms with Crippen LogP contribution in [0.15, 0.2) is 12.3 Å². The molecule has 0 saturated heterocycles. The standard InChI is InChI=1S/C18H22F2N2.C2H6/c1-13(2)22-12-4-5-14-15(21-11-7-16(14)22)6-8-18(9-10-18)17(3,19)20;1-2/h7,11,13H,4-5,9-10,12H2,1-3H3;1-2H3. The quantitative estimate of drug-likeness (QED) is 0.703. The van der Waals surface area contributed by atoms with E-state index in [9.17, 15) is 8.78 Å². The van der Waals surface area contributed by atoms with Gasteiger partial charge < -0.3 is 4.90 Å². The Bertz CT molecular complexity index is 631. The Balaban J connectivity index is 0.00000100. The number of alkyl halides is 2. The van der Waals surface area contributed by atoms with Crippen molar-refractivity contribution in [3.63, 3.8) is 0 Å². The zero-order chi connectivity index (χ0) is 18.0. The zero-order valence-electron chi connectivity index (χ0n) is 15.4. The van der Waals surface area contributed by atoms with Gasteiger partial charge in [-0.3, -0.25) is 0 Å². The molecular weight excluding hydrogens is 306 g/mol. The Labute approximate surface area is 144 Å². The predicted octanol–water partition coefficient (Wildman–Crippen LogP) is 5.06. The molecule has 132 valence electrons. The molecule has 0 atom stereocenters. The lowest BCUT2D eigenvalue weighted by Crippen LogP contribution is -2.35. The lowest BCUT2D eigenvalue weighted by Gasteiger charge is -2.34. The van der Waals surface area contributed by atoms with Crippen LogP contribution in [0.5, 0.6) is 0 Å². The number of halogens is 2. The number of fused-ring (bicyclic) bond motifs is 1. The van der Waals surface area contributed by atoms with Crippen LogP contribution in [0.2, 0.25) is 0 Å². The first-order valence-electron chi connectivity index (χ1n) is 9.00. The average molecular weight is 334 g/mol. The molecule has 0 radical (unpaired) electrons. The summed E-state index contributed by atoms with van der Waals surface area (Å²) >= 11 is 0. The minimum atomic E-state index is -2.74. The molecule has 4 heteroatoms. The van der Waals surface area contributed by atoms with Crippen LogP contribution < -0.4 is 4.90 Å². The number of nitrogens with zero attached hydrogens (tertiary/aromatic N) is 2. The molecular formula is C20H28F2N2. The number of hydrogen-bond acceptors (Lipinski definition) is 2. The summed E-state index contributed by atoms with van der Waals surface area (Å²) in [6.45, 7) is 10.3. The van der Waals surface area contributed by atoms with Crippen molar-refractivity contribution in [2.45, 2.75) is 72.3 Å². The van der Waals surface area contributed by atoms with E-state index in [1.165, 1.54) is 0 Å². The van der Waals surface area contributed by atoms with Crippen molar-refractivity contribution in [3.05, 3.63) is 23.5 Å². The molecule has 1 aliphatic carbocycles. The third kappa shape index (κ3) is 3.55. The zero-order valence-corrected chi connectivity index (χ0v) is 15.4. The van der Waals surface area contributed by atoms with Gasteiger partial charge in [-0.2, -0.15) is 0 Å². The largest absolute Gasteiger partial charge is 0.369 e. The summed E-state index contributed by atoms with van der Waals surface area (Å²) in [5.41, 5.74) is 1.83. The lowest BCUT2D eigenvalue weighted by molar-refractivity contribution is -0.0294. The van der Waals surface area contributed by atoms with E-state index in [0.29, 0.717) is 24.6 Å². The summed E-state index contributed by atoms with van der Waals surface area (Å²) < 4.78 is 27.3. The van der Waals surface area contributed by atoms with Crippen molar-refractivity contribution in [1.29, 1.82) is 0 Å². The van der Waals surface area contributed by atoms with Gasteiger partial charge in [0.2, 0.25) is 0 Å². The predicted molar refractivity (Wildman–Crippen MR) is 95.6 cm³/mol. The summed E-state index contributed by atoms with van der Waals surface area (Å²) in [4.78, 5) is 6.69. The van der Waals surface area contributed by atoms with Crippen LogP contribution in [0, 0.1) is 17.3 Å². The molecule has 0 bridgehead atoms. The highest BCUT2D eigenvalue weighted by atomic mass is 19.3. The Kier molecular flexibility index (Phi) is 5.52. The Morgan fingerprint density at radius 3 is 2.50 bits per heavy atom. The van der Waals surface area contributed by atoms with Gasteiger partial charge >= 0.3 is 0 Å². The molecule has 2 nitrogen and oxygen atoms in total. The highest BCUT2D eigenvalue weighted by Gasteiger charge is 2.58. The SMILES string of the molecule is CC.CC(C)N1CCCc2c1ccnc2C#CC1(C(C)(F)F)CC1. The highest BCUT2D eigenvalue weighted by Crippen LogP contribution is 2.56. The monoisotopic (exact) mass is 334 g/mol. The molecule has 1 fully saturated rings. The second-order valence-electron chi connectivity index (χ2n) is 6.77. The molecule has 2 heterocycles. The van der Waals surface area contributed by atoms with Crippen molar-refractivity contribution in [2.75, 3.05) is 11.4 Å². The molecule has 0 amide bonds. The van der Waals surface area contributed by atoms with Crippen LogP contribution in [0.4, 0.5) is 14.5 Å². The number of aromatic nitrogens is 1. The Morgan fingerprint density at radius 2 is 1.96 bits per heavy atom. The van der Waals surface area contributed by atoms with Gasteiger partial charge in [-0.05, 0) is 51.5 Å². The van der Waals surface area contributed by atoms with Crippen LogP contribution in [0.1, 0.15) is 65.1 Å². The Morgan fingerprint density at radius 1 is 1.29 bits per heavy atom. The smallest absolute Gasteiger partial charge is 0.261 e. The van der Waals surface area contributed by atoms with Crippen LogP contribution >= 0.6 is 0 Å². The van der Waals surface area contributed by atoms with Gasteiger partial charge in [0, 0.05) is 37.0 Å². The van der Waals surface area contributed by atoms with Crippen molar-refractivity contribution >= 4 is 5.69 Å². The van der Waals surface area contributed by atoms with Gasteiger partial charge in [0.15, 0.2) is 0 Å². The second-order valence-corrected chi connectivity index (χ2v) is 6.77. The highest BCUT2D eigenvalue weighted by molar-refractivity contribution is 5.60. The van der Waals surface area contributed by atoms with Crippen LogP contribution in [0.3, 0.4) is 0 Å². The van der Waals surface area contributed by atoms with Gasteiger partial charge in [-0.25, -0.2) is 13.8 Å². The summed E-state index contributed by atoms with van der Waals surface area (Å²) in [7, 11) is 0. The van der Waals surface area contributed by atoms with Gasteiger partial charge in [-0.15, -0.1) is 0 Å². The maximum atomic E-state index is 13.6. The number of anilines is 1. The molecule has 0 unspecified atom stereocenters. The number of pyridine rings is 1. The van der Waals surface area contributed by atoms with Gasteiger partial charge in [-0.1, -0.05) is 19.8 Å². The van der Waals surface area contributed by atoms with E-state index in [0.717, 1.165) is 37.6 Å². The van der Waals surface area contributed by atoms with E-state index in [1.54, 1.807) is 6.20 Å². The maximum absolute atomic E-state index is 13.6. The summed E-state index contributed by atoms with van der Waals surface area (Å²) in [6, 6.07) is 2.43. The van der Waals surface area contributed by atoms with Crippen LogP contribution in [-0.2, 0) is 6.42 Å². The van der Waals surface area contributed by atoms with Crippen LogP contribution in [-0.4, -0.2) is 23.5 Å². The van der Waals surface area contributed by atoms with E-state index < -0.39 is 11.3 Å². The van der Waals surface area contributed by atoms with E-state index in [2.05, 4.69) is 35.6 Å². The van der Waals surface area contributed by atoms with Crippen molar-refractivity contribution < 1.29 is 8.78 Å². The molecule has 1 aromatic rings. The fourth-order valence-corrected chi connectivity index (χ4v) is 3.17. The van der Waals surface area contributed by atoms with Gasteiger partial charge in [0.25, 0.3) is 5.92 Å². The van der Waals surface area contributed by atoms with Crippen LogP contribution in [0.25, 0.3) is 0 Å². The molecule has 0 spiro atoms. The first-order chi connectivity index (χ1) is 11.3. The molecule has 1 saturated carbocycles. The summed E-state index contributed by atoms with van der Waals surface area (Å²) in [6.07, 6.45) is 4.69. The van der Waals surface area contributed by atoms with E-state index >= 15 is 0 Å². The fourth-order valence-electron chi connectivity index (χ4n) is 3.17. The van der Waals surface area contributed by atoms with E-state index in [1.807, 2.05) is 19.9 Å². The maximum Gasteiger partial charge on any atom is 0.261 e. The third-order valence-electron chi connectivity index (χ3n) is 4.80. The molecule has 1 aromatic heterocycles. The van der Waals surface area contributed by atoms with Crippen molar-refractivity contribution in [3.8, 4) is 11.8 Å². The molecule has 0 N–H and O–H groups in total. The molecule has 2 aliphatic rings. The minimum absolute atomic E-state index is 0.414. The molecule has 24 heavy (non-hydrogen) atoms. The number of hydrogen-bond donors (Lipinski definition) is 0. The summed E-state index contributed by atoms with van der Waals surface area (Å²) in [5, 5.41) is 0. The second kappa shape index (κ2) is 7.09. The molecule has 3 rings (SSSR count). The Hall–Kier alpha value is -1.63. The van der Waals surface area contributed by atoms with Crippen molar-refractivity contribution in [1.82, 2.24) is 4.98 Å². The van der Waals surface area contributed by atoms with E-state index in [4.69, 9.17) is 0 Å². The first kappa shape index (κ1) is 18.7. The topological polar surface area (TPSA) is 16.1 Å². The lowest BCUT2D eigenvalue weighted by atomic mass is 9.97.